The van der Waals surface area contributed by atoms with Gasteiger partial charge in [0, 0.05) is 30.1 Å². The van der Waals surface area contributed by atoms with Crippen molar-refractivity contribution >= 4 is 28.3 Å². The fraction of sp³-hybridized carbons (Fsp3) is 0.353. The van der Waals surface area contributed by atoms with E-state index in [9.17, 15) is 9.59 Å². The normalized spacial score (nSPS) is 11.9. The Kier molecular flexibility index (Phi) is 5.03. The molecule has 0 bridgehead atoms. The molecular weight excluding hydrogens is 356 g/mol. The van der Waals surface area contributed by atoms with Gasteiger partial charge in [-0.25, -0.2) is 4.79 Å². The molecule has 2 aromatic heterocycles. The van der Waals surface area contributed by atoms with Crippen LogP contribution >= 0.6 is 11.6 Å². The standard InChI is InChI=1S/C17H19ClN6O2/c1-10(2)9-24-15(7-16(25)23(3)17(24)26)22-19-8-14-12-6-11(18)4-5-13(12)20-21-14/h4-7,10H,8-9H2,1-3H3,(H,20,21). The van der Waals surface area contributed by atoms with Gasteiger partial charge >= 0.3 is 5.69 Å². The van der Waals surface area contributed by atoms with Gasteiger partial charge < -0.3 is 0 Å². The van der Waals surface area contributed by atoms with E-state index in [2.05, 4.69) is 20.4 Å². The second-order valence-corrected chi connectivity index (χ2v) is 6.89. The number of hydrogen-bond donors (Lipinski definition) is 1. The van der Waals surface area contributed by atoms with Crippen molar-refractivity contribution in [3.63, 3.8) is 0 Å². The van der Waals surface area contributed by atoms with Crippen molar-refractivity contribution in [3.8, 4) is 0 Å². The molecule has 3 aromatic rings. The number of rotatable bonds is 5. The number of azo groups is 1. The van der Waals surface area contributed by atoms with Gasteiger partial charge in [-0.2, -0.15) is 10.2 Å². The molecule has 0 aliphatic carbocycles. The predicted molar refractivity (Wildman–Crippen MR) is 100 cm³/mol. The molecule has 0 aliphatic heterocycles. The summed E-state index contributed by atoms with van der Waals surface area (Å²) in [6.07, 6.45) is 0. The van der Waals surface area contributed by atoms with E-state index in [-0.39, 0.29) is 18.3 Å². The molecule has 8 nitrogen and oxygen atoms in total. The molecule has 0 aliphatic rings. The summed E-state index contributed by atoms with van der Waals surface area (Å²) >= 11 is 6.03. The molecular formula is C17H19ClN6O2. The molecule has 1 N–H and O–H groups in total. The first-order valence-corrected chi connectivity index (χ1v) is 8.55. The van der Waals surface area contributed by atoms with E-state index in [1.54, 1.807) is 12.1 Å². The number of hydrogen-bond acceptors (Lipinski definition) is 5. The Bertz CT molecular complexity index is 1090. The molecule has 2 heterocycles. The second kappa shape index (κ2) is 7.25. The molecule has 0 atom stereocenters. The lowest BCUT2D eigenvalue weighted by molar-refractivity contribution is 0.489. The largest absolute Gasteiger partial charge is 0.332 e. The lowest BCUT2D eigenvalue weighted by Crippen LogP contribution is -2.38. The number of nitrogens with zero attached hydrogens (tertiary/aromatic N) is 5. The van der Waals surface area contributed by atoms with Gasteiger partial charge in [-0.15, -0.1) is 5.11 Å². The fourth-order valence-electron chi connectivity index (χ4n) is 2.61. The lowest BCUT2D eigenvalue weighted by Gasteiger charge is -2.12. The third-order valence-electron chi connectivity index (χ3n) is 3.92. The summed E-state index contributed by atoms with van der Waals surface area (Å²) in [5.41, 5.74) is 0.722. The second-order valence-electron chi connectivity index (χ2n) is 6.45. The monoisotopic (exact) mass is 374 g/mol. The highest BCUT2D eigenvalue weighted by atomic mass is 35.5. The number of fused-ring (bicyclic) bond motifs is 1. The molecule has 9 heteroatoms. The molecule has 0 radical (unpaired) electrons. The number of aromatic nitrogens is 4. The average Bonchev–Trinajstić information content (AvgIpc) is 2.98. The van der Waals surface area contributed by atoms with Crippen molar-refractivity contribution in [2.24, 2.45) is 23.2 Å². The molecule has 1 aromatic carbocycles. The first-order valence-electron chi connectivity index (χ1n) is 8.17. The fourth-order valence-corrected chi connectivity index (χ4v) is 2.78. The van der Waals surface area contributed by atoms with Gasteiger partial charge in [-0.3, -0.25) is 19.0 Å². The maximum atomic E-state index is 12.3. The van der Waals surface area contributed by atoms with E-state index in [4.69, 9.17) is 11.6 Å². The minimum atomic E-state index is -0.414. The van der Waals surface area contributed by atoms with E-state index in [1.807, 2.05) is 19.9 Å². The third kappa shape index (κ3) is 3.60. The van der Waals surface area contributed by atoms with Gasteiger partial charge in [0.1, 0.15) is 6.54 Å². The topological polar surface area (TPSA) is 97.4 Å². The summed E-state index contributed by atoms with van der Waals surface area (Å²) in [4.78, 5) is 24.3. The van der Waals surface area contributed by atoms with Gasteiger partial charge in [0.15, 0.2) is 5.82 Å². The van der Waals surface area contributed by atoms with Gasteiger partial charge in [-0.05, 0) is 24.1 Å². The summed E-state index contributed by atoms with van der Waals surface area (Å²) in [6.45, 7) is 4.64. The SMILES string of the molecule is CC(C)Cn1c(N=NCc2[nH]nc3ccc(Cl)cc23)cc(=O)n(C)c1=O. The van der Waals surface area contributed by atoms with Crippen molar-refractivity contribution in [2.45, 2.75) is 26.9 Å². The molecule has 0 fully saturated rings. The highest BCUT2D eigenvalue weighted by Gasteiger charge is 2.11. The zero-order valence-electron chi connectivity index (χ0n) is 14.7. The molecule has 0 saturated carbocycles. The Morgan fingerprint density at radius 1 is 1.27 bits per heavy atom. The third-order valence-corrected chi connectivity index (χ3v) is 4.16. The van der Waals surface area contributed by atoms with Gasteiger partial charge in [0.05, 0.1) is 11.2 Å². The van der Waals surface area contributed by atoms with Crippen molar-refractivity contribution < 1.29 is 0 Å². The molecule has 0 spiro atoms. The molecule has 0 unspecified atom stereocenters. The van der Waals surface area contributed by atoms with Crippen molar-refractivity contribution in [2.75, 3.05) is 0 Å². The van der Waals surface area contributed by atoms with Crippen molar-refractivity contribution in [1.82, 2.24) is 19.3 Å². The van der Waals surface area contributed by atoms with Gasteiger partial charge in [0.25, 0.3) is 5.56 Å². The van der Waals surface area contributed by atoms with Crippen LogP contribution in [-0.4, -0.2) is 19.3 Å². The van der Waals surface area contributed by atoms with Crippen LogP contribution in [0.2, 0.25) is 5.02 Å². The maximum absolute atomic E-state index is 12.3. The number of halogens is 1. The van der Waals surface area contributed by atoms with Crippen LogP contribution in [0.15, 0.2) is 44.1 Å². The minimum absolute atomic E-state index is 0.220. The smallest absolute Gasteiger partial charge is 0.279 e. The Balaban J connectivity index is 1.94. The van der Waals surface area contributed by atoms with E-state index in [0.29, 0.717) is 11.6 Å². The van der Waals surface area contributed by atoms with Crippen LogP contribution in [0.1, 0.15) is 19.5 Å². The zero-order valence-corrected chi connectivity index (χ0v) is 15.5. The van der Waals surface area contributed by atoms with Gasteiger partial charge in [0.2, 0.25) is 0 Å². The molecule has 0 amide bonds. The Morgan fingerprint density at radius 3 is 2.77 bits per heavy atom. The summed E-state index contributed by atoms with van der Waals surface area (Å²) in [6, 6.07) is 6.70. The van der Waals surface area contributed by atoms with E-state index >= 15 is 0 Å². The number of nitrogens with one attached hydrogen (secondary N) is 1. The zero-order chi connectivity index (χ0) is 18.8. The first kappa shape index (κ1) is 18.1. The van der Waals surface area contributed by atoms with Crippen molar-refractivity contribution in [3.05, 3.63) is 55.8 Å². The highest BCUT2D eigenvalue weighted by molar-refractivity contribution is 6.31. The Labute approximate surface area is 154 Å². The van der Waals surface area contributed by atoms with Crippen LogP contribution < -0.4 is 11.2 Å². The maximum Gasteiger partial charge on any atom is 0.332 e. The quantitative estimate of drug-likeness (QED) is 0.695. The van der Waals surface area contributed by atoms with E-state index in [1.165, 1.54) is 17.7 Å². The van der Waals surface area contributed by atoms with Gasteiger partial charge in [-0.1, -0.05) is 25.4 Å². The predicted octanol–water partition coefficient (Wildman–Crippen LogP) is 3.02. The van der Waals surface area contributed by atoms with Crippen LogP contribution in [0.4, 0.5) is 5.82 Å². The van der Waals surface area contributed by atoms with Crippen LogP contribution in [-0.2, 0) is 20.1 Å². The van der Waals surface area contributed by atoms with Crippen LogP contribution in [0.3, 0.4) is 0 Å². The number of benzene rings is 1. The summed E-state index contributed by atoms with van der Waals surface area (Å²) < 4.78 is 2.52. The summed E-state index contributed by atoms with van der Waals surface area (Å²) in [5.74, 6) is 0.464. The molecule has 136 valence electrons. The Hall–Kier alpha value is -2.74. The minimum Gasteiger partial charge on any atom is -0.279 e. The average molecular weight is 375 g/mol. The molecule has 0 saturated heterocycles. The number of aromatic amines is 1. The molecule has 26 heavy (non-hydrogen) atoms. The number of H-pyrrole nitrogens is 1. The molecule has 3 rings (SSSR count). The van der Waals surface area contributed by atoms with Crippen LogP contribution in [0.5, 0.6) is 0 Å². The van der Waals surface area contributed by atoms with Crippen LogP contribution in [0.25, 0.3) is 10.9 Å². The summed E-state index contributed by atoms with van der Waals surface area (Å²) in [5, 5.41) is 16.8. The lowest BCUT2D eigenvalue weighted by atomic mass is 10.2. The summed E-state index contributed by atoms with van der Waals surface area (Å²) in [7, 11) is 1.45. The first-order chi connectivity index (χ1) is 12.4. The Morgan fingerprint density at radius 2 is 2.04 bits per heavy atom. The van der Waals surface area contributed by atoms with Crippen molar-refractivity contribution in [1.29, 1.82) is 0 Å². The van der Waals surface area contributed by atoms with Crippen LogP contribution in [0, 0.1) is 5.92 Å². The van der Waals surface area contributed by atoms with E-state index < -0.39 is 11.2 Å². The van der Waals surface area contributed by atoms with E-state index in [0.717, 1.165) is 21.2 Å². The highest BCUT2D eigenvalue weighted by Crippen LogP contribution is 2.21.